The number of hydrogen-bond donors (Lipinski definition) is 5. The molecule has 3 aromatic heterocycles. The number of aliphatic carboxylic acids is 1. The second-order valence-corrected chi connectivity index (χ2v) is 14.0. The molecule has 0 unspecified atom stereocenters. The highest BCUT2D eigenvalue weighted by Crippen LogP contribution is 2.36. The Labute approximate surface area is 283 Å². The first kappa shape index (κ1) is 38.4. The standard InChI is InChI=1S/C28H46N10O10S/c1-49(42,43)12-2-6-44-8-10-46-11-9-45-7-5-38-19(14-35-36-38)15-47-24-21(13-18(29)3-4-20(30)28(40)41)48-27(23(24)39)37-17-34-22-25(31)32-16-33-26(22)37/h14,16-18,20-21,23-24,27,39H,2-13,15,29-30H2,1H3,(H,40,41)(H2,31,32,33)/t18-,20-,21+,23+,24+,27+/m0/s1. The Hall–Kier alpha value is -3.41. The van der Waals surface area contributed by atoms with E-state index in [4.69, 9.17) is 46.0 Å². The van der Waals surface area contributed by atoms with Crippen molar-refractivity contribution in [1.82, 2.24) is 34.5 Å². The van der Waals surface area contributed by atoms with Gasteiger partial charge in [-0.15, -0.1) is 5.10 Å². The number of rotatable bonds is 23. The van der Waals surface area contributed by atoms with Crippen LogP contribution in [0.4, 0.5) is 5.82 Å². The predicted molar refractivity (Wildman–Crippen MR) is 172 cm³/mol. The molecule has 49 heavy (non-hydrogen) atoms. The third-order valence-corrected chi connectivity index (χ3v) is 8.82. The smallest absolute Gasteiger partial charge is 0.320 e. The van der Waals surface area contributed by atoms with Crippen LogP contribution in [0.15, 0.2) is 18.9 Å². The number of nitrogen functional groups attached to an aromatic ring is 1. The number of carboxylic acids is 1. The second-order valence-electron chi connectivity index (χ2n) is 11.7. The van der Waals surface area contributed by atoms with E-state index in [1.165, 1.54) is 18.9 Å². The highest BCUT2D eigenvalue weighted by Gasteiger charge is 2.46. The summed E-state index contributed by atoms with van der Waals surface area (Å²) in [6.45, 7) is 2.54. The number of imidazole rings is 1. The Morgan fingerprint density at radius 3 is 2.49 bits per heavy atom. The molecule has 1 fully saturated rings. The van der Waals surface area contributed by atoms with Gasteiger partial charge < -0.3 is 51.1 Å². The van der Waals surface area contributed by atoms with Crippen LogP contribution in [0.5, 0.6) is 0 Å². The number of carboxylic acid groups (broad SMARTS) is 1. The van der Waals surface area contributed by atoms with Crippen LogP contribution in [0.25, 0.3) is 11.2 Å². The fourth-order valence-corrected chi connectivity index (χ4v) is 5.85. The van der Waals surface area contributed by atoms with E-state index < -0.39 is 52.4 Å². The van der Waals surface area contributed by atoms with Crippen molar-refractivity contribution in [2.24, 2.45) is 11.5 Å². The molecule has 21 heteroatoms. The van der Waals surface area contributed by atoms with E-state index in [2.05, 4.69) is 25.3 Å². The Morgan fingerprint density at radius 2 is 1.78 bits per heavy atom. The molecule has 0 spiro atoms. The topological polar surface area (TPSA) is 290 Å². The van der Waals surface area contributed by atoms with Crippen LogP contribution < -0.4 is 17.2 Å². The first-order valence-corrected chi connectivity index (χ1v) is 17.9. The number of sulfone groups is 1. The van der Waals surface area contributed by atoms with Gasteiger partial charge in [0.25, 0.3) is 0 Å². The SMILES string of the molecule is CS(=O)(=O)CCCOCCOCCOCCn1nncc1CO[C@H]1[C@@H](O)[C@H](n2cnc3c(N)ncnc32)O[C@@H]1C[C@@H](N)CC[C@H](N)C(=O)O. The zero-order valence-electron chi connectivity index (χ0n) is 27.3. The fraction of sp³-hybridized carbons (Fsp3) is 0.714. The minimum absolute atomic E-state index is 0.0352. The summed E-state index contributed by atoms with van der Waals surface area (Å²) in [5, 5.41) is 28.7. The monoisotopic (exact) mass is 714 g/mol. The quantitative estimate of drug-likeness (QED) is 0.0680. The van der Waals surface area contributed by atoms with Gasteiger partial charge in [-0.25, -0.2) is 28.1 Å². The first-order valence-electron chi connectivity index (χ1n) is 15.8. The summed E-state index contributed by atoms with van der Waals surface area (Å²) in [7, 11) is -2.98. The molecule has 8 N–H and O–H groups in total. The highest BCUT2D eigenvalue weighted by atomic mass is 32.2. The normalized spacial score (nSPS) is 21.0. The number of aromatic nitrogens is 7. The number of ether oxygens (including phenoxy) is 5. The minimum Gasteiger partial charge on any atom is -0.480 e. The molecule has 1 saturated heterocycles. The molecule has 6 atom stereocenters. The van der Waals surface area contributed by atoms with E-state index in [-0.39, 0.29) is 31.0 Å². The molecular formula is C28H46N10O10S. The summed E-state index contributed by atoms with van der Waals surface area (Å²) in [4.78, 5) is 23.6. The molecule has 4 heterocycles. The van der Waals surface area contributed by atoms with Crippen LogP contribution in [0.1, 0.15) is 37.6 Å². The first-order chi connectivity index (χ1) is 23.4. The number of carbonyl (C=O) groups is 1. The number of fused-ring (bicyclic) bond motifs is 1. The van der Waals surface area contributed by atoms with E-state index in [1.54, 1.807) is 15.4 Å². The van der Waals surface area contributed by atoms with Gasteiger partial charge in [0.1, 0.15) is 39.9 Å². The molecule has 0 bridgehead atoms. The Bertz CT molecular complexity index is 1570. The largest absolute Gasteiger partial charge is 0.480 e. The summed E-state index contributed by atoms with van der Waals surface area (Å²) < 4.78 is 54.4. The maximum Gasteiger partial charge on any atom is 0.320 e. The summed E-state index contributed by atoms with van der Waals surface area (Å²) in [6, 6.07) is -1.53. The molecule has 0 amide bonds. The number of nitrogens with zero attached hydrogens (tertiary/aromatic N) is 7. The van der Waals surface area contributed by atoms with Crippen molar-refractivity contribution in [3.05, 3.63) is 24.5 Å². The van der Waals surface area contributed by atoms with Gasteiger partial charge >= 0.3 is 5.97 Å². The molecule has 0 aliphatic carbocycles. The third kappa shape index (κ3) is 11.6. The number of aliphatic hydroxyl groups is 1. The Balaban J connectivity index is 1.27. The van der Waals surface area contributed by atoms with E-state index in [9.17, 15) is 18.3 Å². The van der Waals surface area contributed by atoms with Gasteiger partial charge in [-0.1, -0.05) is 5.21 Å². The van der Waals surface area contributed by atoms with Gasteiger partial charge in [0.2, 0.25) is 0 Å². The predicted octanol–water partition coefficient (Wildman–Crippen LogP) is -1.76. The molecule has 4 rings (SSSR count). The molecule has 0 aromatic carbocycles. The number of hydrogen-bond acceptors (Lipinski definition) is 17. The molecule has 3 aromatic rings. The molecule has 1 aliphatic rings. The Kier molecular flexibility index (Phi) is 14.5. The Morgan fingerprint density at radius 1 is 1.06 bits per heavy atom. The van der Waals surface area contributed by atoms with Crippen LogP contribution in [-0.2, 0) is 51.5 Å². The maximum absolute atomic E-state index is 11.5. The van der Waals surface area contributed by atoms with Crippen molar-refractivity contribution < 1.29 is 47.1 Å². The zero-order chi connectivity index (χ0) is 35.4. The van der Waals surface area contributed by atoms with Gasteiger partial charge in [0, 0.05) is 18.9 Å². The van der Waals surface area contributed by atoms with Gasteiger partial charge in [0.15, 0.2) is 17.7 Å². The van der Waals surface area contributed by atoms with E-state index >= 15 is 0 Å². The van der Waals surface area contributed by atoms with Crippen molar-refractivity contribution in [1.29, 1.82) is 0 Å². The van der Waals surface area contributed by atoms with Crippen molar-refractivity contribution in [2.75, 3.05) is 57.4 Å². The molecular weight excluding hydrogens is 668 g/mol. The van der Waals surface area contributed by atoms with E-state index in [0.29, 0.717) is 75.9 Å². The second kappa shape index (κ2) is 18.5. The number of aliphatic hydroxyl groups excluding tert-OH is 1. The molecule has 20 nitrogen and oxygen atoms in total. The van der Waals surface area contributed by atoms with Gasteiger partial charge in [-0.3, -0.25) is 9.36 Å². The molecule has 274 valence electrons. The van der Waals surface area contributed by atoms with Gasteiger partial charge in [-0.05, 0) is 25.7 Å². The van der Waals surface area contributed by atoms with Crippen LogP contribution in [0.3, 0.4) is 0 Å². The summed E-state index contributed by atoms with van der Waals surface area (Å²) in [5.74, 6) is -0.835. The minimum atomic E-state index is -2.98. The number of anilines is 1. The summed E-state index contributed by atoms with van der Waals surface area (Å²) in [6.07, 6.45) is 3.04. The third-order valence-electron chi connectivity index (χ3n) is 7.79. The molecule has 1 aliphatic heterocycles. The lowest BCUT2D eigenvalue weighted by atomic mass is 9.98. The highest BCUT2D eigenvalue weighted by molar-refractivity contribution is 7.90. The van der Waals surface area contributed by atoms with Crippen molar-refractivity contribution in [2.45, 2.75) is 75.5 Å². The average molecular weight is 715 g/mol. The van der Waals surface area contributed by atoms with Crippen LogP contribution in [-0.4, -0.2) is 141 Å². The van der Waals surface area contributed by atoms with Gasteiger partial charge in [0.05, 0.1) is 76.3 Å². The lowest BCUT2D eigenvalue weighted by molar-refractivity contribution is -0.138. The maximum atomic E-state index is 11.5. The van der Waals surface area contributed by atoms with Crippen molar-refractivity contribution in [3.63, 3.8) is 0 Å². The van der Waals surface area contributed by atoms with Gasteiger partial charge in [-0.2, -0.15) is 0 Å². The zero-order valence-corrected chi connectivity index (χ0v) is 28.1. The fourth-order valence-electron chi connectivity index (χ4n) is 5.21. The molecule has 0 radical (unpaired) electrons. The summed E-state index contributed by atoms with van der Waals surface area (Å²) >= 11 is 0. The average Bonchev–Trinajstić information content (AvgIpc) is 3.76. The van der Waals surface area contributed by atoms with Crippen LogP contribution >= 0.6 is 0 Å². The summed E-state index contributed by atoms with van der Waals surface area (Å²) in [5.41, 5.74) is 19.3. The molecule has 0 saturated carbocycles. The van der Waals surface area contributed by atoms with E-state index in [1.807, 2.05) is 0 Å². The van der Waals surface area contributed by atoms with Crippen LogP contribution in [0.2, 0.25) is 0 Å². The van der Waals surface area contributed by atoms with Crippen LogP contribution in [0, 0.1) is 0 Å². The lowest BCUT2D eigenvalue weighted by Crippen LogP contribution is -2.39. The van der Waals surface area contributed by atoms with Crippen molar-refractivity contribution in [3.8, 4) is 0 Å². The lowest BCUT2D eigenvalue weighted by Gasteiger charge is -2.23. The van der Waals surface area contributed by atoms with Crippen molar-refractivity contribution >= 4 is 32.8 Å². The van der Waals surface area contributed by atoms with E-state index in [0.717, 1.165) is 0 Å². The number of nitrogens with two attached hydrogens (primary N) is 3.